The maximum atomic E-state index is 13.6. The Balaban J connectivity index is 1.62. The fraction of sp³-hybridized carbons (Fsp3) is 0.240. The minimum Gasteiger partial charge on any atom is -0.493 e. The molecule has 3 aromatic carbocycles. The van der Waals surface area contributed by atoms with Crippen molar-refractivity contribution in [3.05, 3.63) is 74.6 Å². The van der Waals surface area contributed by atoms with Crippen LogP contribution in [-0.4, -0.2) is 24.3 Å². The number of hydrogen-bond donors (Lipinski definition) is 1. The molecule has 0 atom stereocenters. The van der Waals surface area contributed by atoms with Crippen LogP contribution in [0.5, 0.6) is 5.75 Å². The number of methoxy groups -OCH3 is 1. The van der Waals surface area contributed by atoms with Crippen molar-refractivity contribution in [2.45, 2.75) is 26.4 Å². The Morgan fingerprint density at radius 1 is 1.21 bits per heavy atom. The zero-order chi connectivity index (χ0) is 23.7. The summed E-state index contributed by atoms with van der Waals surface area (Å²) in [7, 11) is 1.35. The predicted molar refractivity (Wildman–Crippen MR) is 133 cm³/mol. The number of ether oxygens (including phenoxy) is 2. The highest BCUT2D eigenvalue weighted by Crippen LogP contribution is 2.37. The van der Waals surface area contributed by atoms with Crippen LogP contribution >= 0.6 is 27.5 Å². The number of halogens is 3. The minimum atomic E-state index is -0.456. The highest BCUT2D eigenvalue weighted by atomic mass is 79.9. The van der Waals surface area contributed by atoms with Gasteiger partial charge in [-0.2, -0.15) is 0 Å². The third-order valence-corrected chi connectivity index (χ3v) is 6.98. The molecule has 0 aliphatic rings. The number of nitrogens with two attached hydrogens (primary N) is 1. The Morgan fingerprint density at radius 2 is 2.00 bits per heavy atom. The van der Waals surface area contributed by atoms with Gasteiger partial charge in [-0.1, -0.05) is 17.7 Å². The largest absolute Gasteiger partial charge is 0.493 e. The number of rotatable bonds is 7. The second-order valence-electron chi connectivity index (χ2n) is 7.76. The molecular weight excluding hydrogens is 511 g/mol. The molecule has 0 amide bonds. The highest BCUT2D eigenvalue weighted by molar-refractivity contribution is 9.10. The van der Waals surface area contributed by atoms with Crippen LogP contribution in [-0.2, 0) is 17.8 Å². The smallest absolute Gasteiger partial charge is 0.355 e. The summed E-state index contributed by atoms with van der Waals surface area (Å²) in [6.45, 7) is 3.02. The minimum absolute atomic E-state index is 0.162. The van der Waals surface area contributed by atoms with Crippen molar-refractivity contribution in [1.29, 1.82) is 0 Å². The van der Waals surface area contributed by atoms with Crippen LogP contribution in [0.15, 0.2) is 46.9 Å². The maximum Gasteiger partial charge on any atom is 0.355 e. The lowest BCUT2D eigenvalue weighted by molar-refractivity contribution is 0.0587. The summed E-state index contributed by atoms with van der Waals surface area (Å²) in [6, 6.07) is 12.2. The van der Waals surface area contributed by atoms with E-state index in [4.69, 9.17) is 26.8 Å². The van der Waals surface area contributed by atoms with E-state index in [0.717, 1.165) is 27.2 Å². The summed E-state index contributed by atoms with van der Waals surface area (Å²) in [4.78, 5) is 12.6. The molecule has 0 aliphatic heterocycles. The summed E-state index contributed by atoms with van der Waals surface area (Å²) < 4.78 is 27.3. The van der Waals surface area contributed by atoms with E-state index >= 15 is 0 Å². The number of fused-ring (bicyclic) bond motifs is 2. The monoisotopic (exact) mass is 532 g/mol. The molecule has 0 aliphatic carbocycles. The van der Waals surface area contributed by atoms with Gasteiger partial charge in [0.25, 0.3) is 0 Å². The molecule has 5 nitrogen and oxygen atoms in total. The van der Waals surface area contributed by atoms with Gasteiger partial charge < -0.3 is 19.8 Å². The average molecular weight is 534 g/mol. The molecule has 0 bridgehead atoms. The van der Waals surface area contributed by atoms with Gasteiger partial charge in [-0.25, -0.2) is 9.18 Å². The Kier molecular flexibility index (Phi) is 6.93. The van der Waals surface area contributed by atoms with Gasteiger partial charge in [0.2, 0.25) is 0 Å². The van der Waals surface area contributed by atoms with Gasteiger partial charge >= 0.3 is 5.97 Å². The molecule has 2 N–H and O–H groups in total. The second kappa shape index (κ2) is 9.71. The third-order valence-electron chi connectivity index (χ3n) is 5.61. The molecule has 33 heavy (non-hydrogen) atoms. The molecule has 0 fully saturated rings. The maximum absolute atomic E-state index is 13.6. The summed E-state index contributed by atoms with van der Waals surface area (Å²) in [5.41, 5.74) is 8.93. The molecule has 0 unspecified atom stereocenters. The summed E-state index contributed by atoms with van der Waals surface area (Å²) in [6.07, 6.45) is 0.620. The van der Waals surface area contributed by atoms with E-state index < -0.39 is 5.97 Å². The Hall–Kier alpha value is -2.61. The fourth-order valence-corrected chi connectivity index (χ4v) is 4.92. The Morgan fingerprint density at radius 3 is 2.73 bits per heavy atom. The molecule has 172 valence electrons. The van der Waals surface area contributed by atoms with Gasteiger partial charge in [-0.3, -0.25) is 0 Å². The van der Waals surface area contributed by atoms with Gasteiger partial charge in [-0.05, 0) is 76.6 Å². The number of benzene rings is 3. The van der Waals surface area contributed by atoms with Gasteiger partial charge in [0, 0.05) is 33.9 Å². The van der Waals surface area contributed by atoms with Crippen molar-refractivity contribution >= 4 is 55.2 Å². The van der Waals surface area contributed by atoms with Crippen LogP contribution in [0.1, 0.15) is 28.0 Å². The normalized spacial score (nSPS) is 11.3. The number of aryl methyl sites for hydroxylation is 2. The average Bonchev–Trinajstić information content (AvgIpc) is 3.11. The quantitative estimate of drug-likeness (QED) is 0.221. The molecule has 0 spiro atoms. The van der Waals surface area contributed by atoms with E-state index in [9.17, 15) is 9.18 Å². The van der Waals surface area contributed by atoms with Crippen LogP contribution in [0.2, 0.25) is 5.02 Å². The topological polar surface area (TPSA) is 66.5 Å². The molecule has 1 heterocycles. The van der Waals surface area contributed by atoms with E-state index in [-0.39, 0.29) is 12.4 Å². The first-order valence-electron chi connectivity index (χ1n) is 10.5. The van der Waals surface area contributed by atoms with Crippen molar-refractivity contribution in [1.82, 2.24) is 4.57 Å². The van der Waals surface area contributed by atoms with Crippen LogP contribution in [0.4, 0.5) is 4.39 Å². The van der Waals surface area contributed by atoms with Crippen LogP contribution < -0.4 is 10.5 Å². The number of carbonyl (C=O) groups excluding carboxylic acids is 1. The van der Waals surface area contributed by atoms with Gasteiger partial charge in [-0.15, -0.1) is 0 Å². The van der Waals surface area contributed by atoms with Crippen molar-refractivity contribution in [3.63, 3.8) is 0 Å². The second-order valence-corrected chi connectivity index (χ2v) is 8.96. The molecule has 0 saturated carbocycles. The van der Waals surface area contributed by atoms with Crippen molar-refractivity contribution in [2.24, 2.45) is 5.73 Å². The van der Waals surface area contributed by atoms with Gasteiger partial charge in [0.1, 0.15) is 17.3 Å². The number of esters is 1. The van der Waals surface area contributed by atoms with Crippen molar-refractivity contribution in [3.8, 4) is 5.75 Å². The first kappa shape index (κ1) is 23.5. The van der Waals surface area contributed by atoms with E-state index in [1.165, 1.54) is 19.2 Å². The van der Waals surface area contributed by atoms with E-state index in [0.29, 0.717) is 46.1 Å². The molecule has 0 radical (unpaired) electrons. The molecule has 4 aromatic rings. The summed E-state index contributed by atoms with van der Waals surface area (Å²) in [5.74, 6) is -0.0362. The van der Waals surface area contributed by atoms with Crippen molar-refractivity contribution in [2.75, 3.05) is 13.7 Å². The third kappa shape index (κ3) is 4.45. The first-order chi connectivity index (χ1) is 15.8. The summed E-state index contributed by atoms with van der Waals surface area (Å²) >= 11 is 9.83. The first-order valence-corrected chi connectivity index (χ1v) is 11.6. The summed E-state index contributed by atoms with van der Waals surface area (Å²) in [5, 5.41) is 2.99. The fourth-order valence-electron chi connectivity index (χ4n) is 4.19. The Labute approximate surface area is 204 Å². The molecule has 1 aromatic heterocycles. The van der Waals surface area contributed by atoms with E-state index in [1.807, 2.05) is 29.7 Å². The number of nitrogens with zero attached hydrogens (tertiary/aromatic N) is 1. The number of aromatic nitrogens is 1. The lowest BCUT2D eigenvalue weighted by atomic mass is 10.1. The number of hydrogen-bond acceptors (Lipinski definition) is 4. The van der Waals surface area contributed by atoms with E-state index in [1.54, 1.807) is 12.1 Å². The highest BCUT2D eigenvalue weighted by Gasteiger charge is 2.24. The molecule has 8 heteroatoms. The molecule has 0 saturated heterocycles. The van der Waals surface area contributed by atoms with Crippen molar-refractivity contribution < 1.29 is 18.7 Å². The molecular formula is C25H23BrClFN2O3. The standard InChI is InChI=1S/C25H23BrClFN2O3/c1-14-10-15-12-16(28)4-5-17(15)21(11-14)33-9-3-8-30-20-7-6-19(27)23(26)22(20)18(13-29)24(30)25(31)32-2/h4-7,10-12H,3,8-9,13,29H2,1-2H3. The zero-order valence-corrected chi connectivity index (χ0v) is 20.6. The Bertz CT molecular complexity index is 1360. The lowest BCUT2D eigenvalue weighted by Crippen LogP contribution is -2.15. The van der Waals surface area contributed by atoms with Gasteiger partial charge in [0.15, 0.2) is 0 Å². The predicted octanol–water partition coefficient (Wildman–Crippen LogP) is 6.37. The number of carbonyl (C=O) groups is 1. The van der Waals surface area contributed by atoms with E-state index in [2.05, 4.69) is 15.9 Å². The van der Waals surface area contributed by atoms with Crippen LogP contribution in [0.25, 0.3) is 21.7 Å². The molecule has 4 rings (SSSR count). The van der Waals surface area contributed by atoms with Crippen LogP contribution in [0, 0.1) is 12.7 Å². The van der Waals surface area contributed by atoms with Crippen LogP contribution in [0.3, 0.4) is 0 Å². The lowest BCUT2D eigenvalue weighted by Gasteiger charge is -2.13. The van der Waals surface area contributed by atoms with Gasteiger partial charge in [0.05, 0.1) is 24.3 Å². The zero-order valence-electron chi connectivity index (χ0n) is 18.3. The SMILES string of the molecule is COC(=O)c1c(CN)c2c(Br)c(Cl)ccc2n1CCCOc1cc(C)cc2cc(F)ccc12.